The van der Waals surface area contributed by atoms with Crippen LogP contribution in [0, 0.1) is 18.4 Å². The lowest BCUT2D eigenvalue weighted by molar-refractivity contribution is 0.414. The summed E-state index contributed by atoms with van der Waals surface area (Å²) in [6, 6.07) is 9.78. The van der Waals surface area contributed by atoms with Crippen molar-refractivity contribution in [1.29, 1.82) is 5.26 Å². The van der Waals surface area contributed by atoms with E-state index in [-0.39, 0.29) is 0 Å². The average Bonchev–Trinajstić information content (AvgIpc) is 2.27. The second-order valence-electron chi connectivity index (χ2n) is 2.63. The molecule has 0 atom stereocenters. The van der Waals surface area contributed by atoms with Gasteiger partial charge in [-0.1, -0.05) is 0 Å². The number of hydrogen-bond donors (Lipinski definition) is 0. The number of benzene rings is 1. The number of rotatable bonds is 5. The smallest absolute Gasteiger partial charge is 0.118 e. The SMILES string of the molecule is [CH2]N(CC#N)SSc1ccc(OC)cc1. The van der Waals surface area contributed by atoms with Crippen molar-refractivity contribution in [3.05, 3.63) is 31.3 Å². The van der Waals surface area contributed by atoms with Gasteiger partial charge in [-0.2, -0.15) is 5.26 Å². The van der Waals surface area contributed by atoms with Crippen molar-refractivity contribution in [3.8, 4) is 11.8 Å². The fourth-order valence-electron chi connectivity index (χ4n) is 0.832. The summed E-state index contributed by atoms with van der Waals surface area (Å²) in [6.07, 6.45) is 0. The molecule has 0 spiro atoms. The van der Waals surface area contributed by atoms with Gasteiger partial charge in [0.15, 0.2) is 0 Å². The predicted octanol–water partition coefficient (Wildman–Crippen LogP) is 2.97. The standard InChI is InChI=1S/C10H11N2OS2/c1-12(8-7-11)15-14-10-5-3-9(13-2)4-6-10/h3-6H,1,8H2,2H3. The van der Waals surface area contributed by atoms with Crippen molar-refractivity contribution in [2.24, 2.45) is 0 Å². The third-order valence-corrected chi connectivity index (χ3v) is 3.86. The van der Waals surface area contributed by atoms with Crippen molar-refractivity contribution >= 4 is 21.8 Å². The lowest BCUT2D eigenvalue weighted by Crippen LogP contribution is -2.03. The van der Waals surface area contributed by atoms with Crippen LogP contribution in [0.15, 0.2) is 29.2 Å². The summed E-state index contributed by atoms with van der Waals surface area (Å²) in [5, 5.41) is 8.43. The van der Waals surface area contributed by atoms with E-state index >= 15 is 0 Å². The molecule has 3 nitrogen and oxygen atoms in total. The first kappa shape index (κ1) is 12.2. The molecular formula is C10H11N2OS2. The van der Waals surface area contributed by atoms with Gasteiger partial charge in [0, 0.05) is 11.9 Å². The van der Waals surface area contributed by atoms with Crippen molar-refractivity contribution in [3.63, 3.8) is 0 Å². The van der Waals surface area contributed by atoms with Gasteiger partial charge >= 0.3 is 0 Å². The van der Waals surface area contributed by atoms with Crippen LogP contribution in [0.25, 0.3) is 0 Å². The first-order chi connectivity index (χ1) is 7.26. The van der Waals surface area contributed by atoms with E-state index in [0.29, 0.717) is 6.54 Å². The third-order valence-electron chi connectivity index (χ3n) is 1.55. The Hall–Kier alpha value is -0.830. The number of hydrogen-bond acceptors (Lipinski definition) is 5. The fourth-order valence-corrected chi connectivity index (χ4v) is 2.45. The van der Waals surface area contributed by atoms with Crippen LogP contribution >= 0.6 is 21.8 Å². The normalized spacial score (nSPS) is 10.0. The van der Waals surface area contributed by atoms with Crippen molar-refractivity contribution < 1.29 is 4.74 Å². The lowest BCUT2D eigenvalue weighted by Gasteiger charge is -2.09. The molecule has 0 fully saturated rings. The highest BCUT2D eigenvalue weighted by molar-refractivity contribution is 8.75. The number of methoxy groups -OCH3 is 1. The summed E-state index contributed by atoms with van der Waals surface area (Å²) in [5.41, 5.74) is 0. The molecule has 0 aromatic heterocycles. The van der Waals surface area contributed by atoms with Gasteiger partial charge in [-0.05, 0) is 46.0 Å². The van der Waals surface area contributed by atoms with Crippen LogP contribution in [0.5, 0.6) is 5.75 Å². The van der Waals surface area contributed by atoms with Gasteiger partial charge in [0.25, 0.3) is 0 Å². The minimum absolute atomic E-state index is 0.313. The Morgan fingerprint density at radius 1 is 1.47 bits per heavy atom. The predicted molar refractivity (Wildman–Crippen MR) is 64.1 cm³/mol. The maximum Gasteiger partial charge on any atom is 0.118 e. The number of nitriles is 1. The van der Waals surface area contributed by atoms with Crippen molar-refractivity contribution in [2.75, 3.05) is 13.7 Å². The quantitative estimate of drug-likeness (QED) is 0.448. The van der Waals surface area contributed by atoms with Crippen LogP contribution < -0.4 is 4.74 Å². The minimum Gasteiger partial charge on any atom is -0.497 e. The van der Waals surface area contributed by atoms with Gasteiger partial charge in [0.2, 0.25) is 0 Å². The van der Waals surface area contributed by atoms with E-state index in [0.717, 1.165) is 10.6 Å². The lowest BCUT2D eigenvalue weighted by atomic mass is 10.3. The molecule has 1 rings (SSSR count). The molecule has 0 heterocycles. The molecule has 0 aliphatic heterocycles. The zero-order chi connectivity index (χ0) is 11.1. The molecule has 0 bridgehead atoms. The zero-order valence-electron chi connectivity index (χ0n) is 8.34. The molecule has 1 radical (unpaired) electrons. The Balaban J connectivity index is 2.41. The topological polar surface area (TPSA) is 36.3 Å². The van der Waals surface area contributed by atoms with E-state index in [1.165, 1.54) is 11.0 Å². The maximum absolute atomic E-state index is 8.43. The molecule has 0 saturated carbocycles. The summed E-state index contributed by atoms with van der Waals surface area (Å²) in [5.74, 6) is 0.841. The molecular weight excluding hydrogens is 228 g/mol. The zero-order valence-corrected chi connectivity index (χ0v) is 9.98. The van der Waals surface area contributed by atoms with E-state index in [2.05, 4.69) is 7.05 Å². The molecule has 0 aliphatic rings. The monoisotopic (exact) mass is 239 g/mol. The van der Waals surface area contributed by atoms with E-state index in [1.54, 1.807) is 22.2 Å². The minimum atomic E-state index is 0.313. The largest absolute Gasteiger partial charge is 0.497 e. The highest BCUT2D eigenvalue weighted by atomic mass is 33.1. The maximum atomic E-state index is 8.43. The summed E-state index contributed by atoms with van der Waals surface area (Å²) in [6.45, 7) is 0.313. The van der Waals surface area contributed by atoms with Crippen LogP contribution in [0.2, 0.25) is 0 Å². The Kier molecular flexibility index (Phi) is 5.40. The van der Waals surface area contributed by atoms with E-state index in [4.69, 9.17) is 10.00 Å². The highest BCUT2D eigenvalue weighted by Gasteiger charge is 2.00. The van der Waals surface area contributed by atoms with Gasteiger partial charge < -0.3 is 4.74 Å². The average molecular weight is 239 g/mol. The number of ether oxygens (including phenoxy) is 1. The van der Waals surface area contributed by atoms with Gasteiger partial charge in [0.05, 0.1) is 19.7 Å². The summed E-state index contributed by atoms with van der Waals surface area (Å²) in [7, 11) is 8.35. The second-order valence-corrected chi connectivity index (χ2v) is 4.88. The second kappa shape index (κ2) is 6.62. The Morgan fingerprint density at radius 2 is 2.13 bits per heavy atom. The van der Waals surface area contributed by atoms with Crippen LogP contribution in [0.1, 0.15) is 0 Å². The fraction of sp³-hybridized carbons (Fsp3) is 0.200. The van der Waals surface area contributed by atoms with Crippen molar-refractivity contribution in [1.82, 2.24) is 4.31 Å². The molecule has 0 unspecified atom stereocenters. The highest BCUT2D eigenvalue weighted by Crippen LogP contribution is 2.33. The first-order valence-electron chi connectivity index (χ1n) is 4.20. The Bertz CT molecular complexity index is 334. The summed E-state index contributed by atoms with van der Waals surface area (Å²) >= 11 is 0. The van der Waals surface area contributed by atoms with Gasteiger partial charge in [0.1, 0.15) is 5.75 Å². The molecule has 1 aromatic carbocycles. The molecule has 79 valence electrons. The van der Waals surface area contributed by atoms with Gasteiger partial charge in [-0.25, -0.2) is 4.31 Å². The van der Waals surface area contributed by atoms with Crippen LogP contribution in [-0.4, -0.2) is 18.0 Å². The molecule has 0 amide bonds. The Labute approximate surface area is 97.9 Å². The third kappa shape index (κ3) is 4.47. The Morgan fingerprint density at radius 3 is 2.67 bits per heavy atom. The van der Waals surface area contributed by atoms with Gasteiger partial charge in [-0.3, -0.25) is 0 Å². The van der Waals surface area contributed by atoms with Crippen LogP contribution in [0.3, 0.4) is 0 Å². The molecule has 1 aromatic rings. The number of nitrogens with zero attached hydrogens (tertiary/aromatic N) is 2. The summed E-state index contributed by atoms with van der Waals surface area (Å²) < 4.78 is 6.69. The van der Waals surface area contributed by atoms with Crippen LogP contribution in [0.4, 0.5) is 0 Å². The van der Waals surface area contributed by atoms with Crippen LogP contribution in [-0.2, 0) is 0 Å². The first-order valence-corrected chi connectivity index (χ1v) is 6.30. The molecule has 5 heteroatoms. The van der Waals surface area contributed by atoms with Gasteiger partial charge in [-0.15, -0.1) is 0 Å². The summed E-state index contributed by atoms with van der Waals surface area (Å²) in [4.78, 5) is 1.10. The van der Waals surface area contributed by atoms with Crippen molar-refractivity contribution in [2.45, 2.75) is 4.90 Å². The van der Waals surface area contributed by atoms with E-state index in [9.17, 15) is 0 Å². The van der Waals surface area contributed by atoms with E-state index in [1.807, 2.05) is 30.3 Å². The molecule has 15 heavy (non-hydrogen) atoms. The molecule has 0 saturated heterocycles. The van der Waals surface area contributed by atoms with E-state index < -0.39 is 0 Å². The molecule has 0 aliphatic carbocycles. The molecule has 0 N–H and O–H groups in total.